The van der Waals surface area contributed by atoms with Crippen molar-refractivity contribution in [3.8, 4) is 89.8 Å². The molecular weight excluding hydrogens is 1170 g/mol. The number of para-hydroxylation sites is 2. The third kappa shape index (κ3) is 10.2. The molecule has 0 aliphatic heterocycles. The molecule has 0 amide bonds. The SMILES string of the molecule is c1ccc(-c2c3ccccc3nc3c2ccc2ccc(-c4ccc(-c5ccc6ccc(-c7ccccn7)nc6c5)cc4)nc23)cc1.c1ccc(-c2c3ccccc3nc3c2ccc2ccc(-c4ccc5cc(-c6ccc7ccc(-c8ccccn8)nc7c6)ccc5c4)nc23)cc1. The van der Waals surface area contributed by atoms with Crippen molar-refractivity contribution in [1.82, 2.24) is 39.9 Å². The highest BCUT2D eigenvalue weighted by molar-refractivity contribution is 6.18. The van der Waals surface area contributed by atoms with E-state index in [-0.39, 0.29) is 0 Å². The van der Waals surface area contributed by atoms with Crippen LogP contribution in [0.5, 0.6) is 0 Å². The molecule has 8 nitrogen and oxygen atoms in total. The average Bonchev–Trinajstić information content (AvgIpc) is 0.760. The molecule has 8 heterocycles. The van der Waals surface area contributed by atoms with Crippen LogP contribution in [-0.2, 0) is 0 Å². The second kappa shape index (κ2) is 23.6. The van der Waals surface area contributed by atoms with Crippen molar-refractivity contribution < 1.29 is 0 Å². The second-order valence-corrected chi connectivity index (χ2v) is 24.2. The maximum Gasteiger partial charge on any atom is 0.0978 e. The first kappa shape index (κ1) is 55.8. The molecule has 0 aliphatic rings. The van der Waals surface area contributed by atoms with Crippen molar-refractivity contribution in [3.05, 3.63) is 328 Å². The summed E-state index contributed by atoms with van der Waals surface area (Å²) in [5.41, 5.74) is 24.2. The van der Waals surface area contributed by atoms with E-state index in [1.54, 1.807) is 12.4 Å². The molecule has 0 fully saturated rings. The van der Waals surface area contributed by atoms with E-state index in [2.05, 4.69) is 271 Å². The Kier molecular flexibility index (Phi) is 13.7. The number of pyridine rings is 8. The van der Waals surface area contributed by atoms with Crippen LogP contribution in [-0.4, -0.2) is 39.9 Å². The Labute approximate surface area is 552 Å². The lowest BCUT2D eigenvalue weighted by Crippen LogP contribution is -1.93. The normalized spacial score (nSPS) is 11.5. The summed E-state index contributed by atoms with van der Waals surface area (Å²) in [6.45, 7) is 0. The Hall–Kier alpha value is -13.0. The minimum absolute atomic E-state index is 0.869. The fourth-order valence-corrected chi connectivity index (χ4v) is 13.6. The molecule has 0 N–H and O–H groups in total. The van der Waals surface area contributed by atoms with E-state index in [0.29, 0.717) is 0 Å². The van der Waals surface area contributed by atoms with Gasteiger partial charge in [-0.05, 0) is 129 Å². The lowest BCUT2D eigenvalue weighted by atomic mass is 9.95. The van der Waals surface area contributed by atoms with E-state index in [4.69, 9.17) is 29.9 Å². The zero-order valence-corrected chi connectivity index (χ0v) is 51.8. The van der Waals surface area contributed by atoms with Gasteiger partial charge in [-0.2, -0.15) is 0 Å². The van der Waals surface area contributed by atoms with Crippen LogP contribution in [0.25, 0.3) is 188 Å². The summed E-state index contributed by atoms with van der Waals surface area (Å²) in [5, 5.41) is 11.2. The molecule has 8 aromatic heterocycles. The van der Waals surface area contributed by atoms with Gasteiger partial charge in [0, 0.05) is 77.7 Å². The number of hydrogen-bond acceptors (Lipinski definition) is 8. The number of aromatic nitrogens is 8. The molecule has 0 saturated carbocycles. The molecule has 0 spiro atoms. The summed E-state index contributed by atoms with van der Waals surface area (Å²) in [5.74, 6) is 0. The lowest BCUT2D eigenvalue weighted by Gasteiger charge is -2.13. The van der Waals surface area contributed by atoms with E-state index in [9.17, 15) is 0 Å². The van der Waals surface area contributed by atoms with Crippen LogP contribution in [0.4, 0.5) is 0 Å². The maximum absolute atomic E-state index is 5.27. The fourth-order valence-electron chi connectivity index (χ4n) is 13.6. The smallest absolute Gasteiger partial charge is 0.0978 e. The van der Waals surface area contributed by atoms with Crippen LogP contribution in [0.15, 0.2) is 328 Å². The van der Waals surface area contributed by atoms with Gasteiger partial charge in [-0.3, -0.25) is 9.97 Å². The van der Waals surface area contributed by atoms with Gasteiger partial charge >= 0.3 is 0 Å². The number of benzene rings is 11. The van der Waals surface area contributed by atoms with Crippen LogP contribution >= 0.6 is 0 Å². The molecule has 0 radical (unpaired) electrons. The molecule has 19 aromatic rings. The Bertz CT molecular complexity index is 6250. The standard InChI is InChI=1S/C46H28N4.C42H26N4/c1-2-8-30(9-3-1)44-37-10-4-5-11-40(37)50-46-38(44)22-19-31-21-23-39(49-45(31)46)36-18-17-32-26-33(15-16-34(32)27-36)35-14-13-29-20-24-42(48-43(29)28-35)41-12-6-7-25-47-41;1-2-8-30(9-3-1)40-33-10-4-5-11-36(33)46-42-34(40)22-19-31-21-23-35(45-41(31)42)28-15-13-27(14-16-28)32-18-17-29-20-24-38(44-39(29)26-32)37-12-6-7-25-43-37/h1-28H;1-26H. The van der Waals surface area contributed by atoms with Gasteiger partial charge in [0.1, 0.15) is 0 Å². The molecule has 0 saturated heterocycles. The van der Waals surface area contributed by atoms with Crippen LogP contribution < -0.4 is 0 Å². The Morgan fingerprint density at radius 3 is 1.05 bits per heavy atom. The number of rotatable bonds is 8. The molecule has 8 heteroatoms. The van der Waals surface area contributed by atoms with Crippen LogP contribution in [0, 0.1) is 0 Å². The summed E-state index contributed by atoms with van der Waals surface area (Å²) in [6, 6.07) is 110. The highest BCUT2D eigenvalue weighted by Gasteiger charge is 2.18. The number of hydrogen-bond donors (Lipinski definition) is 0. The zero-order valence-electron chi connectivity index (χ0n) is 51.8. The highest BCUT2D eigenvalue weighted by atomic mass is 14.8. The van der Waals surface area contributed by atoms with Gasteiger partial charge in [0.2, 0.25) is 0 Å². The first-order valence-corrected chi connectivity index (χ1v) is 32.2. The van der Waals surface area contributed by atoms with Crippen molar-refractivity contribution in [2.24, 2.45) is 0 Å². The van der Waals surface area contributed by atoms with E-state index in [1.807, 2.05) is 54.6 Å². The lowest BCUT2D eigenvalue weighted by molar-refractivity contribution is 1.28. The average molecular weight is 1220 g/mol. The third-order valence-electron chi connectivity index (χ3n) is 18.4. The molecule has 19 rings (SSSR count). The molecular formula is C88H54N8. The van der Waals surface area contributed by atoms with Crippen molar-refractivity contribution in [2.75, 3.05) is 0 Å². The first-order chi connectivity index (χ1) is 47.5. The highest BCUT2D eigenvalue weighted by Crippen LogP contribution is 2.41. The molecule has 0 unspecified atom stereocenters. The van der Waals surface area contributed by atoms with E-state index in [0.717, 1.165) is 160 Å². The predicted octanol–water partition coefficient (Wildman–Crippen LogP) is 22.2. The van der Waals surface area contributed by atoms with Gasteiger partial charge in [0.15, 0.2) is 0 Å². The van der Waals surface area contributed by atoms with Crippen LogP contribution in [0.1, 0.15) is 0 Å². The molecule has 0 bridgehead atoms. The van der Waals surface area contributed by atoms with Gasteiger partial charge in [-0.1, -0.05) is 231 Å². The van der Waals surface area contributed by atoms with Gasteiger partial charge in [0.05, 0.1) is 78.3 Å². The molecule has 0 atom stereocenters. The first-order valence-electron chi connectivity index (χ1n) is 32.2. The van der Waals surface area contributed by atoms with E-state index < -0.39 is 0 Å². The Morgan fingerprint density at radius 1 is 0.167 bits per heavy atom. The minimum atomic E-state index is 0.869. The second-order valence-electron chi connectivity index (χ2n) is 24.2. The summed E-state index contributed by atoms with van der Waals surface area (Å²) in [4.78, 5) is 39.6. The predicted molar refractivity (Wildman–Crippen MR) is 396 cm³/mol. The van der Waals surface area contributed by atoms with Gasteiger partial charge in [-0.15, -0.1) is 0 Å². The molecule has 0 aliphatic carbocycles. The van der Waals surface area contributed by atoms with Crippen molar-refractivity contribution in [2.45, 2.75) is 0 Å². The number of nitrogens with zero attached hydrogens (tertiary/aromatic N) is 8. The van der Waals surface area contributed by atoms with Gasteiger partial charge in [-0.25, -0.2) is 29.9 Å². The summed E-state index contributed by atoms with van der Waals surface area (Å²) in [6.07, 6.45) is 3.60. The van der Waals surface area contributed by atoms with Crippen molar-refractivity contribution in [3.63, 3.8) is 0 Å². The molecule has 96 heavy (non-hydrogen) atoms. The monoisotopic (exact) mass is 1220 g/mol. The van der Waals surface area contributed by atoms with Crippen molar-refractivity contribution in [1.29, 1.82) is 0 Å². The zero-order chi connectivity index (χ0) is 63.5. The maximum atomic E-state index is 5.27. The summed E-state index contributed by atoms with van der Waals surface area (Å²) in [7, 11) is 0. The Morgan fingerprint density at radius 2 is 0.542 bits per heavy atom. The van der Waals surface area contributed by atoms with Crippen LogP contribution in [0.3, 0.4) is 0 Å². The van der Waals surface area contributed by atoms with E-state index in [1.165, 1.54) is 27.6 Å². The van der Waals surface area contributed by atoms with Crippen molar-refractivity contribution >= 4 is 98.0 Å². The fraction of sp³-hybridized carbons (Fsp3) is 0. The summed E-state index contributed by atoms with van der Waals surface area (Å²) < 4.78 is 0. The van der Waals surface area contributed by atoms with Gasteiger partial charge < -0.3 is 0 Å². The van der Waals surface area contributed by atoms with Crippen LogP contribution in [0.2, 0.25) is 0 Å². The Balaban J connectivity index is 0.000000141. The van der Waals surface area contributed by atoms with E-state index >= 15 is 0 Å². The third-order valence-corrected chi connectivity index (χ3v) is 18.4. The molecule has 446 valence electrons. The molecule has 11 aromatic carbocycles. The summed E-state index contributed by atoms with van der Waals surface area (Å²) >= 11 is 0. The minimum Gasteiger partial charge on any atom is -0.255 e. The quantitative estimate of drug-likeness (QED) is 0.109. The largest absolute Gasteiger partial charge is 0.255 e. The van der Waals surface area contributed by atoms with Gasteiger partial charge in [0.25, 0.3) is 0 Å². The number of fused-ring (bicyclic) bond motifs is 11. The topological polar surface area (TPSA) is 103 Å².